The summed E-state index contributed by atoms with van der Waals surface area (Å²) < 4.78 is 32.1. The molecule has 0 spiro atoms. The van der Waals surface area contributed by atoms with Crippen molar-refractivity contribution in [2.24, 2.45) is 0 Å². The summed E-state index contributed by atoms with van der Waals surface area (Å²) in [6.07, 6.45) is 1.50. The molecule has 7 heteroatoms. The number of carbonyl (C=O) groups excluding carboxylic acids is 1. The van der Waals surface area contributed by atoms with Crippen LogP contribution in [0.4, 0.5) is 0 Å². The van der Waals surface area contributed by atoms with Gasteiger partial charge in [0.1, 0.15) is 0 Å². The van der Waals surface area contributed by atoms with E-state index in [0.717, 1.165) is 19.4 Å². The third-order valence-electron chi connectivity index (χ3n) is 3.51. The molecule has 2 N–H and O–H groups in total. The molecule has 116 valence electrons. The van der Waals surface area contributed by atoms with E-state index in [-0.39, 0.29) is 22.5 Å². The van der Waals surface area contributed by atoms with Crippen LogP contribution in [-0.4, -0.2) is 40.1 Å². The average Bonchev–Trinajstić information content (AvgIpc) is 2.46. The Morgan fingerprint density at radius 2 is 2.19 bits per heavy atom. The van der Waals surface area contributed by atoms with Crippen molar-refractivity contribution in [3.8, 4) is 0 Å². The summed E-state index contributed by atoms with van der Waals surface area (Å²) in [5.41, 5.74) is 0.221. The highest BCUT2D eigenvalue weighted by Crippen LogP contribution is 2.16. The van der Waals surface area contributed by atoms with Gasteiger partial charge in [0, 0.05) is 12.1 Å². The van der Waals surface area contributed by atoms with Gasteiger partial charge in [-0.15, -0.1) is 0 Å². The van der Waals surface area contributed by atoms with E-state index in [1.165, 1.54) is 31.4 Å². The first kappa shape index (κ1) is 15.9. The van der Waals surface area contributed by atoms with Gasteiger partial charge in [0.2, 0.25) is 10.0 Å². The molecule has 2 unspecified atom stereocenters. The Morgan fingerprint density at radius 1 is 1.43 bits per heavy atom. The van der Waals surface area contributed by atoms with Crippen LogP contribution in [-0.2, 0) is 14.8 Å². The Hall–Kier alpha value is -1.44. The van der Waals surface area contributed by atoms with Gasteiger partial charge in [0.05, 0.1) is 17.6 Å². The third kappa shape index (κ3) is 4.03. The summed E-state index contributed by atoms with van der Waals surface area (Å²) in [5.74, 6) is -0.553. The highest BCUT2D eigenvalue weighted by Gasteiger charge is 2.24. The maximum absolute atomic E-state index is 12.4. The van der Waals surface area contributed by atoms with Crippen molar-refractivity contribution < 1.29 is 17.9 Å². The first-order valence-corrected chi connectivity index (χ1v) is 8.35. The van der Waals surface area contributed by atoms with E-state index < -0.39 is 16.0 Å². The van der Waals surface area contributed by atoms with Gasteiger partial charge in [-0.2, -0.15) is 0 Å². The lowest BCUT2D eigenvalue weighted by atomic mass is 10.0. The maximum atomic E-state index is 12.4. The summed E-state index contributed by atoms with van der Waals surface area (Å²) in [6.45, 7) is 2.81. The second-order valence-electron chi connectivity index (χ2n) is 5.22. The topological polar surface area (TPSA) is 84.5 Å². The van der Waals surface area contributed by atoms with Gasteiger partial charge in [-0.25, -0.2) is 17.9 Å². The standard InChI is InChI=1S/C14H20N2O4S/c1-10-8-12(6-7-15-10)16-21(18,19)13-5-3-4-11(9-13)14(17)20-2/h3-5,9-10,12,15-16H,6-8H2,1-2H3. The lowest BCUT2D eigenvalue weighted by molar-refractivity contribution is 0.0600. The normalized spacial score (nSPS) is 22.8. The van der Waals surface area contributed by atoms with Gasteiger partial charge in [0.15, 0.2) is 0 Å². The SMILES string of the molecule is COC(=O)c1cccc(S(=O)(=O)NC2CCNC(C)C2)c1. The van der Waals surface area contributed by atoms with E-state index in [4.69, 9.17) is 0 Å². The molecule has 21 heavy (non-hydrogen) atoms. The van der Waals surface area contributed by atoms with Gasteiger partial charge in [0.25, 0.3) is 0 Å². The zero-order valence-corrected chi connectivity index (χ0v) is 12.9. The van der Waals surface area contributed by atoms with E-state index >= 15 is 0 Å². The molecule has 0 radical (unpaired) electrons. The Balaban J connectivity index is 2.17. The molecule has 0 aromatic heterocycles. The smallest absolute Gasteiger partial charge is 0.337 e. The molecular weight excluding hydrogens is 292 g/mol. The predicted molar refractivity (Wildman–Crippen MR) is 78.6 cm³/mol. The van der Waals surface area contributed by atoms with Crippen molar-refractivity contribution in [3.05, 3.63) is 29.8 Å². The van der Waals surface area contributed by atoms with Gasteiger partial charge < -0.3 is 10.1 Å². The van der Waals surface area contributed by atoms with Gasteiger partial charge in [-0.1, -0.05) is 6.07 Å². The second kappa shape index (κ2) is 6.55. The van der Waals surface area contributed by atoms with Crippen LogP contribution in [0.1, 0.15) is 30.1 Å². The molecule has 2 rings (SSSR count). The van der Waals surface area contributed by atoms with Crippen LogP contribution in [0.2, 0.25) is 0 Å². The van der Waals surface area contributed by atoms with Gasteiger partial charge >= 0.3 is 5.97 Å². The average molecular weight is 312 g/mol. The molecule has 0 saturated carbocycles. The Morgan fingerprint density at radius 3 is 2.86 bits per heavy atom. The van der Waals surface area contributed by atoms with Crippen molar-refractivity contribution in [3.63, 3.8) is 0 Å². The molecule has 1 aromatic carbocycles. The fourth-order valence-electron chi connectivity index (χ4n) is 2.43. The highest BCUT2D eigenvalue weighted by atomic mass is 32.2. The van der Waals surface area contributed by atoms with Crippen LogP contribution in [0, 0.1) is 0 Å². The van der Waals surface area contributed by atoms with E-state index in [2.05, 4.69) is 14.8 Å². The number of sulfonamides is 1. The number of piperidine rings is 1. The van der Waals surface area contributed by atoms with Gasteiger partial charge in [-0.05, 0) is 44.5 Å². The number of hydrogen-bond donors (Lipinski definition) is 2. The Labute approximate surface area is 124 Å². The van der Waals surface area contributed by atoms with E-state index in [0.29, 0.717) is 0 Å². The van der Waals surface area contributed by atoms with Crippen molar-refractivity contribution >= 4 is 16.0 Å². The molecule has 1 heterocycles. The number of rotatable bonds is 4. The van der Waals surface area contributed by atoms with Crippen LogP contribution in [0.3, 0.4) is 0 Å². The van der Waals surface area contributed by atoms with Crippen LogP contribution < -0.4 is 10.0 Å². The van der Waals surface area contributed by atoms with Crippen molar-refractivity contribution in [2.75, 3.05) is 13.7 Å². The first-order valence-electron chi connectivity index (χ1n) is 6.86. The third-order valence-corrected chi connectivity index (χ3v) is 5.03. The number of benzene rings is 1. The summed E-state index contributed by atoms with van der Waals surface area (Å²) in [5, 5.41) is 3.27. The Kier molecular flexibility index (Phi) is 4.97. The number of methoxy groups -OCH3 is 1. The molecule has 2 atom stereocenters. The molecule has 1 aliphatic heterocycles. The summed E-state index contributed by atoms with van der Waals surface area (Å²) in [6, 6.07) is 6.06. The molecule has 0 aliphatic carbocycles. The van der Waals surface area contributed by atoms with Gasteiger partial charge in [-0.3, -0.25) is 0 Å². The molecule has 1 fully saturated rings. The summed E-state index contributed by atoms with van der Waals surface area (Å²) in [7, 11) is -2.37. The minimum atomic E-state index is -3.63. The van der Waals surface area contributed by atoms with E-state index in [1.54, 1.807) is 0 Å². The minimum absolute atomic E-state index is 0.0802. The number of ether oxygens (including phenoxy) is 1. The quantitative estimate of drug-likeness (QED) is 0.807. The molecule has 0 amide bonds. The number of carbonyl (C=O) groups is 1. The fraction of sp³-hybridized carbons (Fsp3) is 0.500. The molecule has 0 bridgehead atoms. The first-order chi connectivity index (χ1) is 9.92. The molecular formula is C14H20N2O4S. The molecule has 6 nitrogen and oxygen atoms in total. The number of hydrogen-bond acceptors (Lipinski definition) is 5. The van der Waals surface area contributed by atoms with Crippen LogP contribution >= 0.6 is 0 Å². The summed E-state index contributed by atoms with van der Waals surface area (Å²) >= 11 is 0. The minimum Gasteiger partial charge on any atom is -0.465 e. The maximum Gasteiger partial charge on any atom is 0.337 e. The summed E-state index contributed by atoms with van der Waals surface area (Å²) in [4.78, 5) is 11.6. The zero-order valence-electron chi connectivity index (χ0n) is 12.1. The molecule has 1 aliphatic rings. The largest absolute Gasteiger partial charge is 0.465 e. The fourth-order valence-corrected chi connectivity index (χ4v) is 3.76. The number of esters is 1. The van der Waals surface area contributed by atoms with E-state index in [1.807, 2.05) is 6.92 Å². The zero-order chi connectivity index (χ0) is 15.5. The van der Waals surface area contributed by atoms with Crippen LogP contribution in [0.25, 0.3) is 0 Å². The predicted octanol–water partition coefficient (Wildman–Crippen LogP) is 0.892. The van der Waals surface area contributed by atoms with Crippen molar-refractivity contribution in [1.29, 1.82) is 0 Å². The second-order valence-corrected chi connectivity index (χ2v) is 6.93. The van der Waals surface area contributed by atoms with Crippen molar-refractivity contribution in [2.45, 2.75) is 36.7 Å². The lowest BCUT2D eigenvalue weighted by Crippen LogP contribution is -2.46. The molecule has 1 saturated heterocycles. The lowest BCUT2D eigenvalue weighted by Gasteiger charge is -2.28. The Bertz CT molecular complexity index is 615. The van der Waals surface area contributed by atoms with E-state index in [9.17, 15) is 13.2 Å². The molecule has 1 aromatic rings. The van der Waals surface area contributed by atoms with Crippen LogP contribution in [0.15, 0.2) is 29.2 Å². The van der Waals surface area contributed by atoms with Crippen LogP contribution in [0.5, 0.6) is 0 Å². The van der Waals surface area contributed by atoms with Crippen molar-refractivity contribution in [1.82, 2.24) is 10.0 Å². The number of nitrogens with one attached hydrogen (secondary N) is 2. The highest BCUT2D eigenvalue weighted by molar-refractivity contribution is 7.89. The monoisotopic (exact) mass is 312 g/mol.